The molecule has 0 aliphatic carbocycles. The highest BCUT2D eigenvalue weighted by Crippen LogP contribution is 2.22. The summed E-state index contributed by atoms with van der Waals surface area (Å²) in [7, 11) is 0. The number of hydrogen-bond acceptors (Lipinski definition) is 4. The van der Waals surface area contributed by atoms with Crippen molar-refractivity contribution in [3.05, 3.63) is 95.8 Å². The fraction of sp³-hybridized carbons (Fsp3) is 0.160. The summed E-state index contributed by atoms with van der Waals surface area (Å²) < 4.78 is 5.72. The molecule has 0 radical (unpaired) electrons. The molecule has 5 heteroatoms. The summed E-state index contributed by atoms with van der Waals surface area (Å²) in [6.07, 6.45) is 6.55. The Balaban J connectivity index is 1.33. The van der Waals surface area contributed by atoms with E-state index in [2.05, 4.69) is 4.98 Å². The summed E-state index contributed by atoms with van der Waals surface area (Å²) in [5.74, 6) is 0.808. The van der Waals surface area contributed by atoms with Crippen LogP contribution in [0.4, 0.5) is 5.69 Å². The molecule has 0 N–H and O–H groups in total. The molecule has 1 amide bonds. The van der Waals surface area contributed by atoms with Crippen LogP contribution in [0.1, 0.15) is 34.5 Å². The lowest BCUT2D eigenvalue weighted by molar-refractivity contribution is -0.117. The van der Waals surface area contributed by atoms with E-state index < -0.39 is 0 Å². The van der Waals surface area contributed by atoms with Crippen LogP contribution in [0, 0.1) is 0 Å². The summed E-state index contributed by atoms with van der Waals surface area (Å²) in [6.45, 7) is 1.15. The van der Waals surface area contributed by atoms with E-state index in [4.69, 9.17) is 4.74 Å². The van der Waals surface area contributed by atoms with Gasteiger partial charge in [0, 0.05) is 30.4 Å². The van der Waals surface area contributed by atoms with E-state index in [1.807, 2.05) is 54.6 Å². The normalized spacial score (nSPS) is 13.7. The summed E-state index contributed by atoms with van der Waals surface area (Å²) in [4.78, 5) is 30.3. The van der Waals surface area contributed by atoms with Crippen LogP contribution in [-0.4, -0.2) is 23.2 Å². The third kappa shape index (κ3) is 4.81. The molecule has 0 saturated carbocycles. The van der Waals surface area contributed by atoms with Gasteiger partial charge in [-0.1, -0.05) is 24.3 Å². The number of hydrogen-bond donors (Lipinski definition) is 0. The minimum atomic E-state index is -0.0789. The molecule has 1 aliphatic rings. The second kappa shape index (κ2) is 9.18. The minimum absolute atomic E-state index is 0.0789. The molecular formula is C25H22N2O3. The van der Waals surface area contributed by atoms with Gasteiger partial charge in [-0.25, -0.2) is 0 Å². The highest BCUT2D eigenvalue weighted by molar-refractivity contribution is 6.07. The van der Waals surface area contributed by atoms with Crippen molar-refractivity contribution in [3.63, 3.8) is 0 Å². The molecule has 150 valence electrons. The van der Waals surface area contributed by atoms with Crippen LogP contribution in [0.15, 0.2) is 79.0 Å². The minimum Gasteiger partial charge on any atom is -0.487 e. The predicted molar refractivity (Wildman–Crippen MR) is 116 cm³/mol. The van der Waals surface area contributed by atoms with E-state index in [1.165, 1.54) is 0 Å². The average molecular weight is 398 g/mol. The molecule has 1 fully saturated rings. The van der Waals surface area contributed by atoms with Crippen molar-refractivity contribution in [2.75, 3.05) is 11.4 Å². The highest BCUT2D eigenvalue weighted by atomic mass is 16.5. The zero-order chi connectivity index (χ0) is 20.8. The smallest absolute Gasteiger partial charge is 0.227 e. The molecule has 1 saturated heterocycles. The number of pyridine rings is 1. The number of nitrogens with zero attached hydrogens (tertiary/aromatic N) is 2. The average Bonchev–Trinajstić information content (AvgIpc) is 3.23. The van der Waals surface area contributed by atoms with Crippen molar-refractivity contribution >= 4 is 23.5 Å². The van der Waals surface area contributed by atoms with E-state index in [0.29, 0.717) is 18.6 Å². The Labute approximate surface area is 175 Å². The Hall–Kier alpha value is -3.73. The number of ketones is 1. The van der Waals surface area contributed by atoms with E-state index >= 15 is 0 Å². The van der Waals surface area contributed by atoms with Gasteiger partial charge >= 0.3 is 0 Å². The molecule has 3 aromatic rings. The molecule has 5 nitrogen and oxygen atoms in total. The van der Waals surface area contributed by atoms with Crippen LogP contribution < -0.4 is 9.64 Å². The lowest BCUT2D eigenvalue weighted by Gasteiger charge is -2.15. The molecule has 1 aromatic heterocycles. The number of rotatable bonds is 7. The Morgan fingerprint density at radius 3 is 2.50 bits per heavy atom. The first-order chi connectivity index (χ1) is 14.7. The SMILES string of the molecule is O=C(C=Cc1ccc(OCc2ccccn2)cc1)c1ccc(N2CCCC2=O)cc1. The van der Waals surface area contributed by atoms with E-state index in [0.717, 1.165) is 35.7 Å². The summed E-state index contributed by atoms with van der Waals surface area (Å²) in [6, 6.07) is 20.5. The molecule has 1 aliphatic heterocycles. The molecule has 2 heterocycles. The second-order valence-corrected chi connectivity index (χ2v) is 7.07. The van der Waals surface area contributed by atoms with Crippen LogP contribution >= 0.6 is 0 Å². The number of anilines is 1. The van der Waals surface area contributed by atoms with Crippen LogP contribution in [0.25, 0.3) is 6.08 Å². The zero-order valence-corrected chi connectivity index (χ0v) is 16.5. The number of benzene rings is 2. The monoisotopic (exact) mass is 398 g/mol. The molecule has 0 unspecified atom stereocenters. The molecule has 0 bridgehead atoms. The van der Waals surface area contributed by atoms with Crippen LogP contribution in [0.2, 0.25) is 0 Å². The first kappa shape index (κ1) is 19.6. The van der Waals surface area contributed by atoms with Crippen LogP contribution in [0.5, 0.6) is 5.75 Å². The van der Waals surface area contributed by atoms with Crippen LogP contribution in [-0.2, 0) is 11.4 Å². The van der Waals surface area contributed by atoms with Gasteiger partial charge in [0.1, 0.15) is 12.4 Å². The van der Waals surface area contributed by atoms with Gasteiger partial charge in [-0.05, 0) is 66.6 Å². The van der Waals surface area contributed by atoms with Gasteiger partial charge in [-0.15, -0.1) is 0 Å². The van der Waals surface area contributed by atoms with Gasteiger partial charge in [-0.3, -0.25) is 14.6 Å². The van der Waals surface area contributed by atoms with Crippen molar-refractivity contribution < 1.29 is 14.3 Å². The molecule has 2 aromatic carbocycles. The van der Waals surface area contributed by atoms with Gasteiger partial charge in [-0.2, -0.15) is 0 Å². The maximum atomic E-state index is 12.4. The first-order valence-electron chi connectivity index (χ1n) is 9.95. The molecular weight excluding hydrogens is 376 g/mol. The van der Waals surface area contributed by atoms with Crippen molar-refractivity contribution in [1.29, 1.82) is 0 Å². The third-order valence-corrected chi connectivity index (χ3v) is 4.96. The van der Waals surface area contributed by atoms with Crippen molar-refractivity contribution in [1.82, 2.24) is 4.98 Å². The maximum Gasteiger partial charge on any atom is 0.227 e. The second-order valence-electron chi connectivity index (χ2n) is 7.07. The summed E-state index contributed by atoms with van der Waals surface area (Å²) in [5.41, 5.74) is 3.22. The lowest BCUT2D eigenvalue weighted by Crippen LogP contribution is -2.23. The number of carbonyl (C=O) groups is 2. The molecule has 4 rings (SSSR count). The van der Waals surface area contributed by atoms with E-state index in [9.17, 15) is 9.59 Å². The molecule has 0 spiro atoms. The number of ether oxygens (including phenoxy) is 1. The Morgan fingerprint density at radius 1 is 1.03 bits per heavy atom. The van der Waals surface area contributed by atoms with Gasteiger partial charge in [0.15, 0.2) is 5.78 Å². The van der Waals surface area contributed by atoms with Crippen molar-refractivity contribution in [2.24, 2.45) is 0 Å². The highest BCUT2D eigenvalue weighted by Gasteiger charge is 2.21. The summed E-state index contributed by atoms with van der Waals surface area (Å²) in [5, 5.41) is 0. The standard InChI is InChI=1S/C25H22N2O3/c28-24(20-9-11-22(12-10-20)27-17-3-5-25(27)29)15-8-19-6-13-23(14-7-19)30-18-21-4-1-2-16-26-21/h1-2,4,6-16H,3,5,17-18H2. The Kier molecular flexibility index (Phi) is 5.99. The topological polar surface area (TPSA) is 59.5 Å². The van der Waals surface area contributed by atoms with Gasteiger partial charge in [0.05, 0.1) is 5.69 Å². The quantitative estimate of drug-likeness (QED) is 0.428. The predicted octanol–water partition coefficient (Wildman–Crippen LogP) is 4.68. The third-order valence-electron chi connectivity index (χ3n) is 4.96. The molecule has 0 atom stereocenters. The maximum absolute atomic E-state index is 12.4. The van der Waals surface area contributed by atoms with Gasteiger partial charge < -0.3 is 9.64 Å². The Bertz CT molecular complexity index is 1040. The van der Waals surface area contributed by atoms with E-state index in [-0.39, 0.29) is 11.7 Å². The Morgan fingerprint density at radius 2 is 1.83 bits per heavy atom. The van der Waals surface area contributed by atoms with Crippen molar-refractivity contribution in [3.8, 4) is 5.75 Å². The first-order valence-corrected chi connectivity index (χ1v) is 9.95. The van der Waals surface area contributed by atoms with Gasteiger partial charge in [0.2, 0.25) is 5.91 Å². The zero-order valence-electron chi connectivity index (χ0n) is 16.5. The van der Waals surface area contributed by atoms with E-state index in [1.54, 1.807) is 35.4 Å². The van der Waals surface area contributed by atoms with Crippen molar-refractivity contribution in [2.45, 2.75) is 19.4 Å². The fourth-order valence-electron chi connectivity index (χ4n) is 3.31. The number of amides is 1. The van der Waals surface area contributed by atoms with Gasteiger partial charge in [0.25, 0.3) is 0 Å². The number of aromatic nitrogens is 1. The lowest BCUT2D eigenvalue weighted by atomic mass is 10.1. The number of allylic oxidation sites excluding steroid dienone is 1. The fourth-order valence-corrected chi connectivity index (χ4v) is 3.31. The summed E-state index contributed by atoms with van der Waals surface area (Å²) >= 11 is 0. The molecule has 30 heavy (non-hydrogen) atoms. The number of carbonyl (C=O) groups excluding carboxylic acids is 2. The van der Waals surface area contributed by atoms with Crippen LogP contribution in [0.3, 0.4) is 0 Å². The largest absolute Gasteiger partial charge is 0.487 e.